The second-order valence-electron chi connectivity index (χ2n) is 3.98. The van der Waals surface area contributed by atoms with Crippen LogP contribution in [0.4, 0.5) is 0 Å². The van der Waals surface area contributed by atoms with Gasteiger partial charge in [0.15, 0.2) is 0 Å². The number of aryl methyl sites for hydroxylation is 1. The number of thiophene rings is 1. The van der Waals surface area contributed by atoms with Crippen LogP contribution in [0.2, 0.25) is 0 Å². The Kier molecular flexibility index (Phi) is 6.17. The summed E-state index contributed by atoms with van der Waals surface area (Å²) in [5, 5.41) is 6.61. The Morgan fingerprint density at radius 2 is 2.06 bits per heavy atom. The van der Waals surface area contributed by atoms with Gasteiger partial charge in [0.25, 0.3) is 5.91 Å². The SMILES string of the molecule is CCc1ccsc1C(=O)NC(CC)(CBr)CBr. The van der Waals surface area contributed by atoms with E-state index in [1.54, 1.807) is 0 Å². The molecule has 1 amide bonds. The zero-order valence-electron chi connectivity index (χ0n) is 10.1. The van der Waals surface area contributed by atoms with Gasteiger partial charge in [0.05, 0.1) is 10.4 Å². The van der Waals surface area contributed by atoms with E-state index >= 15 is 0 Å². The number of carbonyl (C=O) groups excluding carboxylic acids is 1. The molecule has 0 aliphatic heterocycles. The Labute approximate surface area is 123 Å². The standard InChI is InChI=1S/C12H17Br2NOS/c1-3-9-5-6-17-10(9)11(16)15-12(4-2,7-13)8-14/h5-6H,3-4,7-8H2,1-2H3,(H,15,16). The number of carbonyl (C=O) groups is 1. The smallest absolute Gasteiger partial charge is 0.262 e. The highest BCUT2D eigenvalue weighted by molar-refractivity contribution is 9.09. The molecule has 2 nitrogen and oxygen atoms in total. The highest BCUT2D eigenvalue weighted by Gasteiger charge is 2.29. The summed E-state index contributed by atoms with van der Waals surface area (Å²) in [6, 6.07) is 2.02. The fraction of sp³-hybridized carbons (Fsp3) is 0.583. The Bertz CT molecular complexity index is 366. The molecular weight excluding hydrogens is 366 g/mol. The predicted octanol–water partition coefficient (Wildman–Crippen LogP) is 3.98. The fourth-order valence-corrected chi connectivity index (χ4v) is 4.38. The van der Waals surface area contributed by atoms with Gasteiger partial charge in [-0.1, -0.05) is 45.7 Å². The van der Waals surface area contributed by atoms with Crippen LogP contribution in [0.3, 0.4) is 0 Å². The number of hydrogen-bond donors (Lipinski definition) is 1. The lowest BCUT2D eigenvalue weighted by atomic mass is 10.0. The van der Waals surface area contributed by atoms with E-state index in [4.69, 9.17) is 0 Å². The zero-order valence-corrected chi connectivity index (χ0v) is 14.0. The molecule has 0 fully saturated rings. The molecule has 1 heterocycles. The van der Waals surface area contributed by atoms with Crippen molar-refractivity contribution >= 4 is 49.1 Å². The van der Waals surface area contributed by atoms with Crippen LogP contribution in [-0.4, -0.2) is 22.1 Å². The summed E-state index contributed by atoms with van der Waals surface area (Å²) < 4.78 is 0. The summed E-state index contributed by atoms with van der Waals surface area (Å²) in [6.07, 6.45) is 1.79. The highest BCUT2D eigenvalue weighted by Crippen LogP contribution is 2.21. The van der Waals surface area contributed by atoms with Gasteiger partial charge in [-0.05, 0) is 29.9 Å². The molecule has 1 aromatic rings. The van der Waals surface area contributed by atoms with Gasteiger partial charge in [-0.25, -0.2) is 0 Å². The maximum Gasteiger partial charge on any atom is 0.262 e. The van der Waals surface area contributed by atoms with E-state index in [2.05, 4.69) is 51.0 Å². The Hall–Kier alpha value is 0.130. The van der Waals surface area contributed by atoms with Crippen molar-refractivity contribution in [3.05, 3.63) is 21.9 Å². The second kappa shape index (κ2) is 6.90. The topological polar surface area (TPSA) is 29.1 Å². The van der Waals surface area contributed by atoms with E-state index in [1.807, 2.05) is 11.4 Å². The average molecular weight is 383 g/mol. The van der Waals surface area contributed by atoms with Crippen LogP contribution in [-0.2, 0) is 6.42 Å². The van der Waals surface area contributed by atoms with Crippen LogP contribution in [0.5, 0.6) is 0 Å². The number of amides is 1. The lowest BCUT2D eigenvalue weighted by Gasteiger charge is -2.29. The van der Waals surface area contributed by atoms with Crippen molar-refractivity contribution in [3.8, 4) is 0 Å². The number of halogens is 2. The molecule has 0 saturated carbocycles. The molecule has 96 valence electrons. The average Bonchev–Trinajstić information content (AvgIpc) is 2.84. The normalized spacial score (nSPS) is 11.5. The predicted molar refractivity (Wildman–Crippen MR) is 81.8 cm³/mol. The number of rotatable bonds is 6. The molecule has 1 rings (SSSR count). The molecule has 0 radical (unpaired) electrons. The van der Waals surface area contributed by atoms with Crippen LogP contribution < -0.4 is 5.32 Å². The third kappa shape index (κ3) is 3.55. The lowest BCUT2D eigenvalue weighted by Crippen LogP contribution is -2.51. The van der Waals surface area contributed by atoms with Crippen molar-refractivity contribution in [2.24, 2.45) is 0 Å². The van der Waals surface area contributed by atoms with Crippen LogP contribution in [0, 0.1) is 0 Å². The minimum absolute atomic E-state index is 0.0394. The van der Waals surface area contributed by atoms with E-state index in [1.165, 1.54) is 11.3 Å². The molecule has 0 saturated heterocycles. The third-order valence-corrected chi connectivity index (χ3v) is 6.00. The number of hydrogen-bond acceptors (Lipinski definition) is 2. The minimum Gasteiger partial charge on any atom is -0.344 e. The summed E-state index contributed by atoms with van der Waals surface area (Å²) in [5.41, 5.74) is 0.924. The summed E-state index contributed by atoms with van der Waals surface area (Å²) in [5.74, 6) is 0.0394. The van der Waals surface area contributed by atoms with Crippen molar-refractivity contribution in [1.29, 1.82) is 0 Å². The van der Waals surface area contributed by atoms with Crippen LogP contribution in [0.15, 0.2) is 11.4 Å². The highest BCUT2D eigenvalue weighted by atomic mass is 79.9. The maximum absolute atomic E-state index is 12.2. The molecule has 0 aliphatic rings. The van der Waals surface area contributed by atoms with Crippen molar-refractivity contribution < 1.29 is 4.79 Å². The second-order valence-corrected chi connectivity index (χ2v) is 6.02. The van der Waals surface area contributed by atoms with Crippen molar-refractivity contribution in [2.45, 2.75) is 32.2 Å². The first-order valence-electron chi connectivity index (χ1n) is 5.63. The molecule has 0 aromatic carbocycles. The van der Waals surface area contributed by atoms with Crippen molar-refractivity contribution in [3.63, 3.8) is 0 Å². The molecule has 0 unspecified atom stereocenters. The van der Waals surface area contributed by atoms with Gasteiger partial charge in [-0.3, -0.25) is 4.79 Å². The van der Waals surface area contributed by atoms with Gasteiger partial charge in [0.2, 0.25) is 0 Å². The molecule has 0 aliphatic carbocycles. The largest absolute Gasteiger partial charge is 0.344 e. The van der Waals surface area contributed by atoms with E-state index in [9.17, 15) is 4.79 Å². The quantitative estimate of drug-likeness (QED) is 0.740. The van der Waals surface area contributed by atoms with Crippen LogP contribution in [0.1, 0.15) is 35.5 Å². The summed E-state index contributed by atoms with van der Waals surface area (Å²) in [4.78, 5) is 13.1. The lowest BCUT2D eigenvalue weighted by molar-refractivity contribution is 0.0919. The molecule has 1 aromatic heterocycles. The summed E-state index contributed by atoms with van der Waals surface area (Å²) >= 11 is 8.47. The summed E-state index contributed by atoms with van der Waals surface area (Å²) in [6.45, 7) is 4.15. The molecular formula is C12H17Br2NOS. The molecule has 0 bridgehead atoms. The fourth-order valence-electron chi connectivity index (χ4n) is 1.49. The molecule has 17 heavy (non-hydrogen) atoms. The Balaban J connectivity index is 2.84. The molecule has 1 N–H and O–H groups in total. The Morgan fingerprint density at radius 1 is 1.41 bits per heavy atom. The first-order chi connectivity index (χ1) is 8.12. The van der Waals surface area contributed by atoms with E-state index < -0.39 is 0 Å². The van der Waals surface area contributed by atoms with Gasteiger partial charge in [0, 0.05) is 10.7 Å². The van der Waals surface area contributed by atoms with Crippen LogP contribution in [0.25, 0.3) is 0 Å². The Morgan fingerprint density at radius 3 is 2.53 bits per heavy atom. The van der Waals surface area contributed by atoms with Crippen molar-refractivity contribution in [1.82, 2.24) is 5.32 Å². The van der Waals surface area contributed by atoms with Gasteiger partial charge in [0.1, 0.15) is 0 Å². The monoisotopic (exact) mass is 381 g/mol. The minimum atomic E-state index is -0.202. The first-order valence-corrected chi connectivity index (χ1v) is 8.75. The van der Waals surface area contributed by atoms with Gasteiger partial charge in [-0.15, -0.1) is 11.3 Å². The van der Waals surface area contributed by atoms with Gasteiger partial charge in [-0.2, -0.15) is 0 Å². The molecule has 5 heteroatoms. The molecule has 0 spiro atoms. The van der Waals surface area contributed by atoms with Crippen LogP contribution >= 0.6 is 43.2 Å². The molecule has 0 atom stereocenters. The summed E-state index contributed by atoms with van der Waals surface area (Å²) in [7, 11) is 0. The first kappa shape index (κ1) is 15.2. The zero-order chi connectivity index (χ0) is 12.9. The third-order valence-electron chi connectivity index (χ3n) is 2.90. The number of alkyl halides is 2. The van der Waals surface area contributed by atoms with Crippen molar-refractivity contribution in [2.75, 3.05) is 10.7 Å². The van der Waals surface area contributed by atoms with Gasteiger partial charge >= 0.3 is 0 Å². The maximum atomic E-state index is 12.2. The van der Waals surface area contributed by atoms with Gasteiger partial charge < -0.3 is 5.32 Å². The number of nitrogens with one attached hydrogen (secondary N) is 1. The van der Waals surface area contributed by atoms with E-state index in [0.717, 1.165) is 33.9 Å². The van der Waals surface area contributed by atoms with E-state index in [-0.39, 0.29) is 11.4 Å². The van der Waals surface area contributed by atoms with E-state index in [0.29, 0.717) is 0 Å².